The summed E-state index contributed by atoms with van der Waals surface area (Å²) in [5.74, 6) is -0.112. The van der Waals surface area contributed by atoms with Crippen LogP contribution in [-0.4, -0.2) is 49.7 Å². The van der Waals surface area contributed by atoms with Crippen molar-refractivity contribution < 1.29 is 30.0 Å². The zero-order valence-corrected chi connectivity index (χ0v) is 10.1. The van der Waals surface area contributed by atoms with Crippen molar-refractivity contribution in [2.45, 2.75) is 24.9 Å². The summed E-state index contributed by atoms with van der Waals surface area (Å²) in [7, 11) is 0. The van der Waals surface area contributed by atoms with Crippen molar-refractivity contribution in [3.05, 3.63) is 16.8 Å². The van der Waals surface area contributed by atoms with Crippen LogP contribution in [0, 0.1) is 0 Å². The zero-order chi connectivity index (χ0) is 15.3. The van der Waals surface area contributed by atoms with Gasteiger partial charge in [-0.25, -0.2) is 9.78 Å². The van der Waals surface area contributed by atoms with Gasteiger partial charge in [0.05, 0.1) is 12.7 Å². The topological polar surface area (TPSA) is 187 Å². The number of carbonyl (C=O) groups excluding carboxylic acids is 1. The van der Waals surface area contributed by atoms with Crippen LogP contribution in [0.2, 0.25) is 0 Å². The van der Waals surface area contributed by atoms with Gasteiger partial charge in [-0.2, -0.15) is 4.98 Å². The number of hydrogen-bond donors (Lipinski definition) is 3. The van der Waals surface area contributed by atoms with Gasteiger partial charge in [-0.15, -0.1) is 0 Å². The van der Waals surface area contributed by atoms with E-state index >= 15 is 0 Å². The normalized spacial score (nSPS) is 24.8. The van der Waals surface area contributed by atoms with Gasteiger partial charge >= 0.3 is 5.69 Å². The fraction of sp³-hybridized carbons (Fsp3) is 0.556. The third-order valence-corrected chi connectivity index (χ3v) is 2.44. The Kier molecular flexibility index (Phi) is 5.37. The van der Waals surface area contributed by atoms with E-state index in [-0.39, 0.29) is 19.0 Å². The Bertz CT molecular complexity index is 515. The molecule has 0 spiro atoms. The van der Waals surface area contributed by atoms with E-state index in [1.54, 1.807) is 0 Å². The van der Waals surface area contributed by atoms with E-state index in [1.165, 1.54) is 6.33 Å². The minimum atomic E-state index is -2.33. The number of nitrogens with two attached hydrogens (primary N) is 1. The minimum Gasteiger partial charge on any atom is -0.652 e. The van der Waals surface area contributed by atoms with Crippen molar-refractivity contribution >= 4 is 12.1 Å². The van der Waals surface area contributed by atoms with Crippen molar-refractivity contribution in [3.63, 3.8) is 0 Å². The summed E-state index contributed by atoms with van der Waals surface area (Å²) in [4.78, 5) is 26.9. The number of anilines is 1. The van der Waals surface area contributed by atoms with Crippen molar-refractivity contribution in [3.8, 4) is 0 Å². The molecular formula is C9H12N4O7-2. The highest BCUT2D eigenvalue weighted by Crippen LogP contribution is 2.26. The molecule has 0 aliphatic carbocycles. The molecule has 2 heterocycles. The Morgan fingerprint density at radius 1 is 1.60 bits per heavy atom. The van der Waals surface area contributed by atoms with E-state index in [2.05, 4.69) is 9.97 Å². The Balaban J connectivity index is 0.000000444. The number of carbonyl (C=O) groups is 1. The molecule has 2 rings (SSSR count). The van der Waals surface area contributed by atoms with Gasteiger partial charge in [0.1, 0.15) is 18.7 Å². The summed E-state index contributed by atoms with van der Waals surface area (Å²) >= 11 is 0. The van der Waals surface area contributed by atoms with Crippen LogP contribution in [0.1, 0.15) is 12.6 Å². The van der Waals surface area contributed by atoms with Crippen LogP contribution in [0.4, 0.5) is 10.7 Å². The number of aliphatic hydroxyl groups excluding tert-OH is 2. The first-order valence-corrected chi connectivity index (χ1v) is 5.38. The van der Waals surface area contributed by atoms with Gasteiger partial charge in [0, 0.05) is 6.42 Å². The summed E-state index contributed by atoms with van der Waals surface area (Å²) in [5, 5.41) is 35.1. The minimum absolute atomic E-state index is 0.112. The third kappa shape index (κ3) is 4.15. The second kappa shape index (κ2) is 6.79. The number of aliphatic hydroxyl groups is 2. The number of ether oxygens (including phenoxy) is 1. The molecule has 20 heavy (non-hydrogen) atoms. The maximum Gasteiger partial charge on any atom is 0.354 e. The van der Waals surface area contributed by atoms with Crippen LogP contribution in [0.3, 0.4) is 0 Å². The highest BCUT2D eigenvalue weighted by molar-refractivity contribution is 5.47. The zero-order valence-electron chi connectivity index (χ0n) is 10.1. The second-order valence-corrected chi connectivity index (χ2v) is 3.77. The molecule has 0 bridgehead atoms. The van der Waals surface area contributed by atoms with Gasteiger partial charge in [-0.1, -0.05) is 0 Å². The SMILES string of the molecule is Nc1ncn([C@H]2C[C@H](O)[C@@H](CO)O2)c(=O)n1.O=C([O-])[O-]. The largest absolute Gasteiger partial charge is 0.652 e. The van der Waals surface area contributed by atoms with Gasteiger partial charge in [-0.05, 0) is 6.16 Å². The van der Waals surface area contributed by atoms with Gasteiger partial charge in [0.2, 0.25) is 5.95 Å². The molecule has 0 saturated carbocycles. The molecule has 0 radical (unpaired) electrons. The molecule has 11 nitrogen and oxygen atoms in total. The summed E-state index contributed by atoms with van der Waals surface area (Å²) < 4.78 is 6.41. The summed E-state index contributed by atoms with van der Waals surface area (Å²) in [5.41, 5.74) is 4.65. The molecule has 1 aromatic rings. The van der Waals surface area contributed by atoms with Crippen molar-refractivity contribution in [2.75, 3.05) is 12.3 Å². The first-order valence-electron chi connectivity index (χ1n) is 5.38. The predicted octanol–water partition coefficient (Wildman–Crippen LogP) is -4.59. The van der Waals surface area contributed by atoms with Crippen LogP contribution < -0.4 is 21.6 Å². The first-order chi connectivity index (χ1) is 9.35. The number of carboxylic acid groups (broad SMARTS) is 2. The number of hydrogen-bond acceptors (Lipinski definition) is 10. The van der Waals surface area contributed by atoms with Crippen LogP contribution in [0.5, 0.6) is 0 Å². The van der Waals surface area contributed by atoms with Crippen molar-refractivity contribution in [1.29, 1.82) is 0 Å². The van der Waals surface area contributed by atoms with E-state index in [1.807, 2.05) is 0 Å². The lowest BCUT2D eigenvalue weighted by Gasteiger charge is -2.13. The molecule has 11 heteroatoms. The molecule has 1 saturated heterocycles. The molecule has 4 N–H and O–H groups in total. The fourth-order valence-electron chi connectivity index (χ4n) is 1.60. The van der Waals surface area contributed by atoms with E-state index in [9.17, 15) is 9.90 Å². The van der Waals surface area contributed by atoms with Gasteiger partial charge in [0.25, 0.3) is 0 Å². The molecule has 3 atom stereocenters. The Morgan fingerprint density at radius 2 is 2.20 bits per heavy atom. The van der Waals surface area contributed by atoms with Crippen molar-refractivity contribution in [2.24, 2.45) is 0 Å². The summed E-state index contributed by atoms with van der Waals surface area (Å²) in [6.45, 7) is -0.303. The summed E-state index contributed by atoms with van der Waals surface area (Å²) in [6.07, 6.45) is -3.07. The van der Waals surface area contributed by atoms with Gasteiger partial charge in [-0.3, -0.25) is 4.57 Å². The standard InChI is InChI=1S/C8H12N4O4.CH2O3/c9-7-10-3-12(8(15)11-7)6-1-4(14)5(2-13)16-6;2-1(3)4/h3-6,13-14H,1-2H2,(H2,9,11,15);(H2,2,3,4)/p-2/t4-,5+,6+;/m0./s1. The van der Waals surface area contributed by atoms with Gasteiger partial charge < -0.3 is 35.7 Å². The molecule has 0 amide bonds. The number of aromatic nitrogens is 3. The maximum absolute atomic E-state index is 11.4. The van der Waals surface area contributed by atoms with Crippen LogP contribution in [-0.2, 0) is 4.74 Å². The lowest BCUT2D eigenvalue weighted by Crippen LogP contribution is -2.37. The van der Waals surface area contributed by atoms with Crippen LogP contribution in [0.25, 0.3) is 0 Å². The Morgan fingerprint density at radius 3 is 2.65 bits per heavy atom. The monoisotopic (exact) mass is 288 g/mol. The molecule has 1 aliphatic heterocycles. The number of rotatable bonds is 2. The quantitative estimate of drug-likeness (QED) is 0.477. The molecule has 0 unspecified atom stereocenters. The lowest BCUT2D eigenvalue weighted by atomic mass is 10.2. The molecule has 1 aliphatic rings. The molecular weight excluding hydrogens is 276 g/mol. The van der Waals surface area contributed by atoms with E-state index in [0.29, 0.717) is 0 Å². The second-order valence-electron chi connectivity index (χ2n) is 3.77. The lowest BCUT2D eigenvalue weighted by molar-refractivity contribution is -0.415. The third-order valence-electron chi connectivity index (χ3n) is 2.44. The Hall–Kier alpha value is -2.24. The van der Waals surface area contributed by atoms with Gasteiger partial charge in [0.15, 0.2) is 0 Å². The average molecular weight is 288 g/mol. The molecule has 1 fully saturated rings. The van der Waals surface area contributed by atoms with Crippen LogP contribution >= 0.6 is 0 Å². The smallest absolute Gasteiger partial charge is 0.354 e. The summed E-state index contributed by atoms with van der Waals surface area (Å²) in [6, 6.07) is 0. The van der Waals surface area contributed by atoms with E-state index < -0.39 is 30.3 Å². The van der Waals surface area contributed by atoms with E-state index in [4.69, 9.17) is 30.6 Å². The predicted molar refractivity (Wildman–Crippen MR) is 57.7 cm³/mol. The van der Waals surface area contributed by atoms with Crippen LogP contribution in [0.15, 0.2) is 11.1 Å². The number of nitrogen functional groups attached to an aromatic ring is 1. The number of nitrogens with zero attached hydrogens (tertiary/aromatic N) is 3. The van der Waals surface area contributed by atoms with Crippen molar-refractivity contribution in [1.82, 2.24) is 14.5 Å². The highest BCUT2D eigenvalue weighted by Gasteiger charge is 2.35. The average Bonchev–Trinajstić information content (AvgIpc) is 2.69. The molecule has 112 valence electrons. The fourth-order valence-corrected chi connectivity index (χ4v) is 1.60. The first kappa shape index (κ1) is 15.8. The maximum atomic E-state index is 11.4. The Labute approximate surface area is 111 Å². The molecule has 1 aromatic heterocycles. The molecule has 0 aromatic carbocycles. The van der Waals surface area contributed by atoms with E-state index in [0.717, 1.165) is 4.57 Å². The highest BCUT2D eigenvalue weighted by atomic mass is 16.6.